The van der Waals surface area contributed by atoms with Gasteiger partial charge < -0.3 is 10.1 Å². The molecule has 3 amide bonds. The molecule has 0 bridgehead atoms. The van der Waals surface area contributed by atoms with Gasteiger partial charge in [0.25, 0.3) is 5.91 Å². The van der Waals surface area contributed by atoms with Gasteiger partial charge in [-0.1, -0.05) is 71.7 Å². The van der Waals surface area contributed by atoms with E-state index in [1.54, 1.807) is 30.3 Å². The minimum atomic E-state index is -0.429. The van der Waals surface area contributed by atoms with Crippen LogP contribution >= 0.6 is 23.2 Å². The van der Waals surface area contributed by atoms with Crippen molar-refractivity contribution in [1.82, 2.24) is 10.2 Å². The number of benzene rings is 3. The molecule has 1 aliphatic heterocycles. The molecule has 1 saturated heterocycles. The molecule has 0 aliphatic carbocycles. The minimum Gasteiger partial charge on any atom is -0.489 e. The maximum absolute atomic E-state index is 12.6. The lowest BCUT2D eigenvalue weighted by Gasteiger charge is -2.11. The summed E-state index contributed by atoms with van der Waals surface area (Å²) >= 11 is 11.9. The average Bonchev–Trinajstić information content (AvgIpc) is 3.03. The predicted molar refractivity (Wildman–Crippen MR) is 121 cm³/mol. The molecule has 3 aromatic carbocycles. The summed E-state index contributed by atoms with van der Waals surface area (Å²) in [5, 5.41) is 3.62. The third-order valence-corrected chi connectivity index (χ3v) is 5.47. The molecule has 0 saturated carbocycles. The van der Waals surface area contributed by atoms with E-state index >= 15 is 0 Å². The van der Waals surface area contributed by atoms with Gasteiger partial charge in [0.05, 0.1) is 16.6 Å². The number of nitrogens with zero attached hydrogens (tertiary/aromatic N) is 1. The van der Waals surface area contributed by atoms with Crippen LogP contribution in [0, 0.1) is 0 Å². The van der Waals surface area contributed by atoms with E-state index in [2.05, 4.69) is 5.32 Å². The molecule has 4 rings (SSSR count). The molecule has 0 unspecified atom stereocenters. The molecule has 156 valence electrons. The Balaban J connectivity index is 1.40. The Labute approximate surface area is 189 Å². The Bertz CT molecular complexity index is 1150. The number of carbonyl (C=O) groups excluding carboxylic acids is 2. The Morgan fingerprint density at radius 1 is 0.871 bits per heavy atom. The molecule has 31 heavy (non-hydrogen) atoms. The number of ether oxygens (including phenoxy) is 1. The van der Waals surface area contributed by atoms with Gasteiger partial charge in [-0.15, -0.1) is 0 Å². The number of urea groups is 1. The van der Waals surface area contributed by atoms with Crippen LogP contribution in [0.3, 0.4) is 0 Å². The number of rotatable bonds is 6. The molecular formula is C24H18Cl2N2O3. The topological polar surface area (TPSA) is 58.6 Å². The second-order valence-corrected chi connectivity index (χ2v) is 7.79. The zero-order valence-electron chi connectivity index (χ0n) is 16.3. The van der Waals surface area contributed by atoms with Crippen LogP contribution in [0.25, 0.3) is 6.08 Å². The second kappa shape index (κ2) is 9.25. The number of imide groups is 1. The predicted octanol–water partition coefficient (Wildman–Crippen LogP) is 5.67. The van der Waals surface area contributed by atoms with Gasteiger partial charge in [-0.25, -0.2) is 4.79 Å². The van der Waals surface area contributed by atoms with Crippen molar-refractivity contribution in [3.8, 4) is 5.75 Å². The number of halogens is 2. The van der Waals surface area contributed by atoms with E-state index in [-0.39, 0.29) is 18.1 Å². The highest BCUT2D eigenvalue weighted by atomic mass is 35.5. The molecule has 3 aromatic rings. The lowest BCUT2D eigenvalue weighted by molar-refractivity contribution is -0.123. The van der Waals surface area contributed by atoms with Crippen LogP contribution < -0.4 is 10.1 Å². The summed E-state index contributed by atoms with van der Waals surface area (Å²) in [6, 6.07) is 21.5. The van der Waals surface area contributed by atoms with Gasteiger partial charge in [0.2, 0.25) is 0 Å². The first-order valence-corrected chi connectivity index (χ1v) is 10.3. The summed E-state index contributed by atoms with van der Waals surface area (Å²) in [6.07, 6.45) is 1.65. The molecule has 1 aliphatic rings. The van der Waals surface area contributed by atoms with Crippen molar-refractivity contribution in [3.05, 3.63) is 105 Å². The zero-order valence-corrected chi connectivity index (χ0v) is 17.9. The number of carbonyl (C=O) groups is 2. The fourth-order valence-electron chi connectivity index (χ4n) is 3.10. The van der Waals surface area contributed by atoms with Gasteiger partial charge in [0.15, 0.2) is 0 Å². The van der Waals surface area contributed by atoms with E-state index in [0.717, 1.165) is 16.7 Å². The van der Waals surface area contributed by atoms with Crippen molar-refractivity contribution >= 4 is 41.2 Å². The highest BCUT2D eigenvalue weighted by molar-refractivity contribution is 6.42. The number of hydrogen-bond donors (Lipinski definition) is 1. The Hall–Kier alpha value is -3.28. The lowest BCUT2D eigenvalue weighted by atomic mass is 10.1. The van der Waals surface area contributed by atoms with Crippen molar-refractivity contribution in [2.24, 2.45) is 0 Å². The van der Waals surface area contributed by atoms with Gasteiger partial charge in [-0.2, -0.15) is 0 Å². The van der Waals surface area contributed by atoms with E-state index in [0.29, 0.717) is 22.4 Å². The third kappa shape index (κ3) is 5.08. The highest BCUT2D eigenvalue weighted by Gasteiger charge is 2.33. The molecule has 0 aromatic heterocycles. The van der Waals surface area contributed by atoms with E-state index in [9.17, 15) is 9.59 Å². The smallest absolute Gasteiger partial charge is 0.329 e. The van der Waals surface area contributed by atoms with Gasteiger partial charge in [-0.3, -0.25) is 9.69 Å². The minimum absolute atomic E-state index is 0.227. The first-order valence-electron chi connectivity index (χ1n) is 9.55. The van der Waals surface area contributed by atoms with Crippen LogP contribution in [0.15, 0.2) is 78.5 Å². The van der Waals surface area contributed by atoms with Crippen molar-refractivity contribution in [2.45, 2.75) is 13.2 Å². The molecule has 0 spiro atoms. The van der Waals surface area contributed by atoms with Crippen molar-refractivity contribution in [2.75, 3.05) is 0 Å². The normalized spacial score (nSPS) is 14.8. The first-order chi connectivity index (χ1) is 15.0. The molecular weight excluding hydrogens is 435 g/mol. The van der Waals surface area contributed by atoms with E-state index in [4.69, 9.17) is 27.9 Å². The molecule has 7 heteroatoms. The Kier molecular flexibility index (Phi) is 6.26. The van der Waals surface area contributed by atoms with E-state index in [1.807, 2.05) is 48.5 Å². The third-order valence-electron chi connectivity index (χ3n) is 4.73. The zero-order chi connectivity index (χ0) is 21.8. The maximum Gasteiger partial charge on any atom is 0.329 e. The standard InChI is InChI=1S/C24H18Cl2N2O3/c25-20-11-8-18(12-21(20)26)15-31-19-9-6-16(7-10-19)13-22-23(29)28(24(30)27-22)14-17-4-2-1-3-5-17/h1-13H,14-15H2,(H,27,30)/b22-13+. The van der Waals surface area contributed by atoms with Crippen LogP contribution in [0.1, 0.15) is 16.7 Å². The number of hydrogen-bond acceptors (Lipinski definition) is 3. The van der Waals surface area contributed by atoms with Gasteiger partial charge in [0.1, 0.15) is 18.1 Å². The fraction of sp³-hybridized carbons (Fsp3) is 0.0833. The summed E-state index contributed by atoms with van der Waals surface area (Å²) in [6.45, 7) is 0.574. The lowest BCUT2D eigenvalue weighted by Crippen LogP contribution is -2.30. The number of nitrogens with one attached hydrogen (secondary N) is 1. The van der Waals surface area contributed by atoms with Crippen LogP contribution in [0.5, 0.6) is 5.75 Å². The SMILES string of the molecule is O=C1N/C(=C/c2ccc(OCc3ccc(Cl)c(Cl)c3)cc2)C(=O)N1Cc1ccccc1. The second-order valence-electron chi connectivity index (χ2n) is 6.97. The monoisotopic (exact) mass is 452 g/mol. The van der Waals surface area contributed by atoms with Crippen LogP contribution in [-0.2, 0) is 17.9 Å². The molecule has 5 nitrogen and oxygen atoms in total. The highest BCUT2D eigenvalue weighted by Crippen LogP contribution is 2.24. The maximum atomic E-state index is 12.6. The van der Waals surface area contributed by atoms with Gasteiger partial charge >= 0.3 is 6.03 Å². The Morgan fingerprint density at radius 2 is 1.61 bits per heavy atom. The summed E-state index contributed by atoms with van der Waals surface area (Å²) in [5.41, 5.74) is 2.80. The molecule has 0 atom stereocenters. The molecule has 1 N–H and O–H groups in total. The summed E-state index contributed by atoms with van der Waals surface area (Å²) in [4.78, 5) is 26.0. The largest absolute Gasteiger partial charge is 0.489 e. The van der Waals surface area contributed by atoms with E-state index in [1.165, 1.54) is 4.90 Å². The van der Waals surface area contributed by atoms with Crippen molar-refractivity contribution in [3.63, 3.8) is 0 Å². The van der Waals surface area contributed by atoms with Crippen LogP contribution in [0.4, 0.5) is 4.79 Å². The summed E-state index contributed by atoms with van der Waals surface area (Å²) in [7, 11) is 0. The summed E-state index contributed by atoms with van der Waals surface area (Å²) in [5.74, 6) is 0.314. The van der Waals surface area contributed by atoms with Crippen LogP contribution in [-0.4, -0.2) is 16.8 Å². The number of amides is 3. The van der Waals surface area contributed by atoms with Gasteiger partial charge in [0, 0.05) is 0 Å². The fourth-order valence-corrected chi connectivity index (χ4v) is 3.42. The van der Waals surface area contributed by atoms with E-state index < -0.39 is 6.03 Å². The van der Waals surface area contributed by atoms with Crippen LogP contribution in [0.2, 0.25) is 10.0 Å². The summed E-state index contributed by atoms with van der Waals surface area (Å²) < 4.78 is 5.77. The molecule has 1 fully saturated rings. The van der Waals surface area contributed by atoms with Crippen molar-refractivity contribution in [1.29, 1.82) is 0 Å². The molecule has 0 radical (unpaired) electrons. The first kappa shape index (κ1) is 21.0. The Morgan fingerprint density at radius 3 is 2.32 bits per heavy atom. The average molecular weight is 453 g/mol. The molecule has 1 heterocycles. The van der Waals surface area contributed by atoms with Gasteiger partial charge in [-0.05, 0) is 47.0 Å². The quantitative estimate of drug-likeness (QED) is 0.387. The van der Waals surface area contributed by atoms with Crippen molar-refractivity contribution < 1.29 is 14.3 Å².